The average molecular weight is 293 g/mol. The fourth-order valence-electron chi connectivity index (χ4n) is 2.00. The smallest absolute Gasteiger partial charge is 0.119 e. The van der Waals surface area contributed by atoms with Crippen LogP contribution in [0.2, 0.25) is 0 Å². The van der Waals surface area contributed by atoms with Crippen LogP contribution in [-0.4, -0.2) is 26.4 Å². The third-order valence-corrected chi connectivity index (χ3v) is 3.22. The molecule has 0 spiro atoms. The van der Waals surface area contributed by atoms with Crippen molar-refractivity contribution in [3.8, 4) is 5.75 Å². The van der Waals surface area contributed by atoms with E-state index in [-0.39, 0.29) is 0 Å². The molecule has 0 heterocycles. The Bertz CT molecular complexity index is 362. The van der Waals surface area contributed by atoms with E-state index >= 15 is 0 Å². The topological polar surface area (TPSA) is 30.5 Å². The maximum Gasteiger partial charge on any atom is 0.119 e. The van der Waals surface area contributed by atoms with E-state index in [9.17, 15) is 0 Å². The first-order chi connectivity index (χ1) is 10.1. The molecule has 1 N–H and O–H groups in total. The summed E-state index contributed by atoms with van der Waals surface area (Å²) in [5.74, 6) is 1.57. The molecule has 0 aliphatic carbocycles. The molecular formula is C18H31NO2. The van der Waals surface area contributed by atoms with E-state index in [0.29, 0.717) is 12.0 Å². The summed E-state index contributed by atoms with van der Waals surface area (Å²) < 4.78 is 11.2. The summed E-state index contributed by atoms with van der Waals surface area (Å²) in [6, 6.07) is 8.73. The van der Waals surface area contributed by atoms with Crippen molar-refractivity contribution in [2.24, 2.45) is 5.92 Å². The first-order valence-electron chi connectivity index (χ1n) is 8.17. The van der Waals surface area contributed by atoms with Crippen LogP contribution in [0.3, 0.4) is 0 Å². The Morgan fingerprint density at radius 3 is 2.38 bits per heavy atom. The van der Waals surface area contributed by atoms with Gasteiger partial charge in [-0.2, -0.15) is 0 Å². The van der Waals surface area contributed by atoms with Gasteiger partial charge in [0.15, 0.2) is 0 Å². The van der Waals surface area contributed by atoms with Gasteiger partial charge in [-0.05, 0) is 49.9 Å². The SMILES string of the molecule is CCCOc1ccc(C(C)NCCCOCC(C)C)cc1. The molecule has 0 aromatic heterocycles. The van der Waals surface area contributed by atoms with Gasteiger partial charge in [0, 0.05) is 19.3 Å². The predicted molar refractivity (Wildman–Crippen MR) is 88.9 cm³/mol. The summed E-state index contributed by atoms with van der Waals surface area (Å²) in [6.07, 6.45) is 2.09. The fraction of sp³-hybridized carbons (Fsp3) is 0.667. The van der Waals surface area contributed by atoms with Gasteiger partial charge in [0.25, 0.3) is 0 Å². The van der Waals surface area contributed by atoms with Crippen molar-refractivity contribution < 1.29 is 9.47 Å². The van der Waals surface area contributed by atoms with Crippen LogP contribution < -0.4 is 10.1 Å². The van der Waals surface area contributed by atoms with Crippen LogP contribution >= 0.6 is 0 Å². The zero-order valence-corrected chi connectivity index (χ0v) is 14.0. The molecule has 1 rings (SSSR count). The average Bonchev–Trinajstić information content (AvgIpc) is 2.48. The van der Waals surface area contributed by atoms with Crippen LogP contribution in [0, 0.1) is 5.92 Å². The summed E-state index contributed by atoms with van der Waals surface area (Å²) in [7, 11) is 0. The standard InChI is InChI=1S/C18H31NO2/c1-5-12-21-18-9-7-17(8-10-18)16(4)19-11-6-13-20-14-15(2)3/h7-10,15-16,19H,5-6,11-14H2,1-4H3. The minimum absolute atomic E-state index is 0.357. The van der Waals surface area contributed by atoms with Crippen molar-refractivity contribution in [1.82, 2.24) is 5.32 Å². The van der Waals surface area contributed by atoms with Crippen LogP contribution in [0.5, 0.6) is 5.75 Å². The number of benzene rings is 1. The number of hydrogen-bond acceptors (Lipinski definition) is 3. The molecule has 0 aliphatic rings. The zero-order valence-electron chi connectivity index (χ0n) is 14.0. The lowest BCUT2D eigenvalue weighted by Gasteiger charge is -2.15. The molecule has 1 atom stereocenters. The summed E-state index contributed by atoms with van der Waals surface area (Å²) in [4.78, 5) is 0. The van der Waals surface area contributed by atoms with Crippen molar-refractivity contribution in [1.29, 1.82) is 0 Å². The molecule has 3 nitrogen and oxygen atoms in total. The molecule has 0 fully saturated rings. The monoisotopic (exact) mass is 293 g/mol. The molecule has 1 unspecified atom stereocenters. The molecule has 1 aromatic rings. The Morgan fingerprint density at radius 1 is 1.05 bits per heavy atom. The normalized spacial score (nSPS) is 12.6. The summed E-state index contributed by atoms with van der Waals surface area (Å²) >= 11 is 0. The van der Waals surface area contributed by atoms with Gasteiger partial charge in [0.1, 0.15) is 5.75 Å². The van der Waals surface area contributed by atoms with Crippen molar-refractivity contribution in [3.05, 3.63) is 29.8 Å². The van der Waals surface area contributed by atoms with Gasteiger partial charge >= 0.3 is 0 Å². The van der Waals surface area contributed by atoms with Gasteiger partial charge in [-0.15, -0.1) is 0 Å². The molecule has 0 aliphatic heterocycles. The largest absolute Gasteiger partial charge is 0.494 e. The van der Waals surface area contributed by atoms with E-state index in [1.807, 2.05) is 0 Å². The van der Waals surface area contributed by atoms with Crippen LogP contribution in [0.25, 0.3) is 0 Å². The number of rotatable bonds is 11. The maximum absolute atomic E-state index is 5.60. The molecular weight excluding hydrogens is 262 g/mol. The molecule has 0 amide bonds. The van der Waals surface area contributed by atoms with E-state index in [4.69, 9.17) is 9.47 Å². The van der Waals surface area contributed by atoms with E-state index in [0.717, 1.165) is 45.0 Å². The summed E-state index contributed by atoms with van der Waals surface area (Å²) in [5, 5.41) is 3.53. The van der Waals surface area contributed by atoms with E-state index in [2.05, 4.69) is 57.3 Å². The second-order valence-electron chi connectivity index (χ2n) is 5.92. The van der Waals surface area contributed by atoms with Crippen LogP contribution in [-0.2, 0) is 4.74 Å². The second kappa shape index (κ2) is 10.6. The lowest BCUT2D eigenvalue weighted by molar-refractivity contribution is 0.107. The third kappa shape index (κ3) is 8.08. The Labute approximate surface area is 130 Å². The van der Waals surface area contributed by atoms with Crippen molar-refractivity contribution >= 4 is 0 Å². The molecule has 3 heteroatoms. The van der Waals surface area contributed by atoms with E-state index < -0.39 is 0 Å². The molecule has 0 bridgehead atoms. The van der Waals surface area contributed by atoms with E-state index in [1.54, 1.807) is 0 Å². The first kappa shape index (κ1) is 18.0. The second-order valence-corrected chi connectivity index (χ2v) is 5.92. The Morgan fingerprint density at radius 2 is 1.76 bits per heavy atom. The number of hydrogen-bond donors (Lipinski definition) is 1. The lowest BCUT2D eigenvalue weighted by atomic mass is 10.1. The molecule has 0 radical (unpaired) electrons. The highest BCUT2D eigenvalue weighted by atomic mass is 16.5. The van der Waals surface area contributed by atoms with Crippen LogP contribution in [0.4, 0.5) is 0 Å². The minimum atomic E-state index is 0.357. The van der Waals surface area contributed by atoms with Gasteiger partial charge in [-0.25, -0.2) is 0 Å². The van der Waals surface area contributed by atoms with Crippen LogP contribution in [0.15, 0.2) is 24.3 Å². The maximum atomic E-state index is 5.60. The highest BCUT2D eigenvalue weighted by Gasteiger charge is 2.04. The Balaban J connectivity index is 2.20. The lowest BCUT2D eigenvalue weighted by Crippen LogP contribution is -2.21. The Hall–Kier alpha value is -1.06. The Kier molecular flexibility index (Phi) is 9.11. The van der Waals surface area contributed by atoms with Gasteiger partial charge in [0.2, 0.25) is 0 Å². The first-order valence-corrected chi connectivity index (χ1v) is 8.17. The molecule has 0 saturated carbocycles. The van der Waals surface area contributed by atoms with Gasteiger partial charge in [0.05, 0.1) is 6.61 Å². The van der Waals surface area contributed by atoms with E-state index in [1.165, 1.54) is 5.56 Å². The minimum Gasteiger partial charge on any atom is -0.494 e. The molecule has 0 saturated heterocycles. The number of ether oxygens (including phenoxy) is 2. The molecule has 21 heavy (non-hydrogen) atoms. The van der Waals surface area contributed by atoms with Gasteiger partial charge in [-0.1, -0.05) is 32.9 Å². The molecule has 1 aromatic carbocycles. The summed E-state index contributed by atoms with van der Waals surface area (Å²) in [6.45, 7) is 12.1. The summed E-state index contributed by atoms with van der Waals surface area (Å²) in [5.41, 5.74) is 1.29. The molecule has 120 valence electrons. The highest BCUT2D eigenvalue weighted by molar-refractivity contribution is 5.28. The third-order valence-electron chi connectivity index (χ3n) is 3.22. The van der Waals surface area contributed by atoms with Crippen LogP contribution in [0.1, 0.15) is 52.1 Å². The fourth-order valence-corrected chi connectivity index (χ4v) is 2.00. The van der Waals surface area contributed by atoms with Crippen molar-refractivity contribution in [2.45, 2.75) is 46.6 Å². The van der Waals surface area contributed by atoms with Gasteiger partial charge in [-0.3, -0.25) is 0 Å². The van der Waals surface area contributed by atoms with Gasteiger partial charge < -0.3 is 14.8 Å². The zero-order chi connectivity index (χ0) is 15.5. The van der Waals surface area contributed by atoms with Crippen molar-refractivity contribution in [3.63, 3.8) is 0 Å². The van der Waals surface area contributed by atoms with Crippen molar-refractivity contribution in [2.75, 3.05) is 26.4 Å². The predicted octanol–water partition coefficient (Wildman–Crippen LogP) is 4.19. The quantitative estimate of drug-likeness (QED) is 0.621. The number of nitrogens with one attached hydrogen (secondary N) is 1. The highest BCUT2D eigenvalue weighted by Crippen LogP contribution is 2.17.